The summed E-state index contributed by atoms with van der Waals surface area (Å²) in [5.74, 6) is 2.16. The minimum absolute atomic E-state index is 0.0824. The number of hydrogen-bond donors (Lipinski definition) is 2. The topological polar surface area (TPSA) is 66.9 Å². The summed E-state index contributed by atoms with van der Waals surface area (Å²) in [6.45, 7) is 3.47. The van der Waals surface area contributed by atoms with Crippen LogP contribution in [0.15, 0.2) is 30.3 Å². The summed E-state index contributed by atoms with van der Waals surface area (Å²) in [6.07, 6.45) is 2.36. The second-order valence-electron chi connectivity index (χ2n) is 5.41. The summed E-state index contributed by atoms with van der Waals surface area (Å²) >= 11 is 0. The number of carbonyl (C=O) groups is 1. The van der Waals surface area contributed by atoms with Crippen LogP contribution in [-0.4, -0.2) is 15.9 Å². The van der Waals surface area contributed by atoms with Crippen molar-refractivity contribution in [2.45, 2.75) is 32.6 Å². The van der Waals surface area contributed by atoms with Gasteiger partial charge in [-0.2, -0.15) is 0 Å². The van der Waals surface area contributed by atoms with Crippen molar-refractivity contribution in [3.63, 3.8) is 0 Å². The maximum Gasteiger partial charge on any atom is 0.221 e. The van der Waals surface area contributed by atoms with Crippen LogP contribution < -0.4 is 10.6 Å². The van der Waals surface area contributed by atoms with Gasteiger partial charge in [-0.15, -0.1) is 0 Å². The van der Waals surface area contributed by atoms with E-state index in [1.807, 2.05) is 37.3 Å². The molecule has 1 saturated carbocycles. The van der Waals surface area contributed by atoms with Crippen LogP contribution in [0.25, 0.3) is 0 Å². The highest BCUT2D eigenvalue weighted by atomic mass is 16.1. The van der Waals surface area contributed by atoms with Crippen molar-refractivity contribution >= 4 is 23.1 Å². The first kappa shape index (κ1) is 13.5. The molecule has 0 unspecified atom stereocenters. The third kappa shape index (κ3) is 3.56. The normalized spacial score (nSPS) is 13.8. The van der Waals surface area contributed by atoms with Gasteiger partial charge in [-0.25, -0.2) is 9.97 Å². The average molecular weight is 282 g/mol. The number of carbonyl (C=O) groups excluding carboxylic acids is 1. The van der Waals surface area contributed by atoms with Crippen LogP contribution >= 0.6 is 0 Å². The lowest BCUT2D eigenvalue weighted by atomic mass is 10.2. The largest absolute Gasteiger partial charge is 0.340 e. The minimum atomic E-state index is -0.0824. The molecule has 1 aliphatic rings. The third-order valence-corrected chi connectivity index (χ3v) is 3.27. The Labute approximate surface area is 123 Å². The number of aromatic nitrogens is 2. The smallest absolute Gasteiger partial charge is 0.221 e. The highest BCUT2D eigenvalue weighted by Crippen LogP contribution is 2.38. The van der Waals surface area contributed by atoms with E-state index in [9.17, 15) is 4.79 Å². The summed E-state index contributed by atoms with van der Waals surface area (Å²) in [6, 6.07) is 9.50. The predicted octanol–water partition coefficient (Wildman–Crippen LogP) is 3.36. The van der Waals surface area contributed by atoms with Crippen molar-refractivity contribution < 1.29 is 4.79 Å². The zero-order chi connectivity index (χ0) is 14.8. The Kier molecular flexibility index (Phi) is 3.56. The molecule has 0 aliphatic heterocycles. The van der Waals surface area contributed by atoms with Gasteiger partial charge in [-0.3, -0.25) is 4.79 Å². The fourth-order valence-electron chi connectivity index (χ4n) is 2.21. The van der Waals surface area contributed by atoms with E-state index < -0.39 is 0 Å². The van der Waals surface area contributed by atoms with Gasteiger partial charge in [0, 0.05) is 36.0 Å². The Morgan fingerprint density at radius 3 is 2.67 bits per heavy atom. The highest BCUT2D eigenvalue weighted by molar-refractivity contribution is 5.89. The molecule has 5 heteroatoms. The number of nitrogens with one attached hydrogen (secondary N) is 2. The van der Waals surface area contributed by atoms with E-state index in [1.54, 1.807) is 0 Å². The van der Waals surface area contributed by atoms with Crippen molar-refractivity contribution in [3.8, 4) is 0 Å². The first-order chi connectivity index (χ1) is 10.1. The maximum absolute atomic E-state index is 11.1. The van der Waals surface area contributed by atoms with Crippen molar-refractivity contribution in [1.29, 1.82) is 0 Å². The van der Waals surface area contributed by atoms with Crippen LogP contribution in [0.5, 0.6) is 0 Å². The molecule has 0 atom stereocenters. The van der Waals surface area contributed by atoms with Crippen LogP contribution in [0.3, 0.4) is 0 Å². The standard InChI is InChI=1S/C16H18N4O/c1-10-8-15(20-16(17-10)12-6-7-12)19-14-5-3-4-13(9-14)18-11(2)21/h3-5,8-9,12H,6-7H2,1-2H3,(H,18,21)(H,17,19,20). The van der Waals surface area contributed by atoms with Crippen LogP contribution in [0, 0.1) is 6.92 Å². The summed E-state index contributed by atoms with van der Waals surface area (Å²) in [4.78, 5) is 20.2. The first-order valence-corrected chi connectivity index (χ1v) is 7.10. The lowest BCUT2D eigenvalue weighted by Gasteiger charge is -2.10. The lowest BCUT2D eigenvalue weighted by Crippen LogP contribution is -2.06. The maximum atomic E-state index is 11.1. The molecule has 5 nitrogen and oxygen atoms in total. The first-order valence-electron chi connectivity index (χ1n) is 7.10. The second-order valence-corrected chi connectivity index (χ2v) is 5.41. The fourth-order valence-corrected chi connectivity index (χ4v) is 2.21. The zero-order valence-corrected chi connectivity index (χ0v) is 12.2. The summed E-state index contributed by atoms with van der Waals surface area (Å²) in [7, 11) is 0. The van der Waals surface area contributed by atoms with E-state index >= 15 is 0 Å². The van der Waals surface area contributed by atoms with E-state index in [2.05, 4.69) is 20.6 Å². The SMILES string of the molecule is CC(=O)Nc1cccc(Nc2cc(C)nc(C3CC3)n2)c1. The Balaban J connectivity index is 1.81. The zero-order valence-electron chi connectivity index (χ0n) is 12.2. The number of hydrogen-bond acceptors (Lipinski definition) is 4. The van der Waals surface area contributed by atoms with Crippen LogP contribution in [-0.2, 0) is 4.79 Å². The van der Waals surface area contributed by atoms with Gasteiger partial charge >= 0.3 is 0 Å². The molecule has 2 aromatic rings. The molecular weight excluding hydrogens is 264 g/mol. The highest BCUT2D eigenvalue weighted by Gasteiger charge is 2.27. The average Bonchev–Trinajstić information content (AvgIpc) is 3.21. The Hall–Kier alpha value is -2.43. The van der Waals surface area contributed by atoms with Gasteiger partial charge in [-0.05, 0) is 38.0 Å². The molecule has 0 radical (unpaired) electrons. The number of nitrogens with zero attached hydrogens (tertiary/aromatic N) is 2. The Bertz CT molecular complexity index is 680. The van der Waals surface area contributed by atoms with Gasteiger partial charge in [0.15, 0.2) is 0 Å². The number of anilines is 3. The van der Waals surface area contributed by atoms with Crippen molar-refractivity contribution in [2.75, 3.05) is 10.6 Å². The number of benzene rings is 1. The van der Waals surface area contributed by atoms with Crippen LogP contribution in [0.1, 0.15) is 37.2 Å². The molecule has 1 amide bonds. The summed E-state index contributed by atoms with van der Waals surface area (Å²) < 4.78 is 0. The molecular formula is C16H18N4O. The van der Waals surface area contributed by atoms with E-state index in [0.717, 1.165) is 28.7 Å². The van der Waals surface area contributed by atoms with Gasteiger partial charge in [0.1, 0.15) is 11.6 Å². The van der Waals surface area contributed by atoms with E-state index in [1.165, 1.54) is 19.8 Å². The van der Waals surface area contributed by atoms with Gasteiger partial charge in [0.2, 0.25) is 5.91 Å². The molecule has 2 N–H and O–H groups in total. The van der Waals surface area contributed by atoms with E-state index in [0.29, 0.717) is 5.92 Å². The summed E-state index contributed by atoms with van der Waals surface area (Å²) in [5.41, 5.74) is 2.62. The summed E-state index contributed by atoms with van der Waals surface area (Å²) in [5, 5.41) is 6.05. The molecule has 108 valence electrons. The molecule has 1 heterocycles. The van der Waals surface area contributed by atoms with E-state index in [4.69, 9.17) is 0 Å². The molecule has 1 aromatic carbocycles. The molecule has 1 aliphatic carbocycles. The van der Waals surface area contributed by atoms with Crippen molar-refractivity contribution in [2.24, 2.45) is 0 Å². The molecule has 0 bridgehead atoms. The Morgan fingerprint density at radius 1 is 1.19 bits per heavy atom. The fraction of sp³-hybridized carbons (Fsp3) is 0.312. The molecule has 21 heavy (non-hydrogen) atoms. The lowest BCUT2D eigenvalue weighted by molar-refractivity contribution is -0.114. The monoisotopic (exact) mass is 282 g/mol. The van der Waals surface area contributed by atoms with Crippen LogP contribution in [0.4, 0.5) is 17.2 Å². The number of rotatable bonds is 4. The minimum Gasteiger partial charge on any atom is -0.340 e. The van der Waals surface area contributed by atoms with Crippen LogP contribution in [0.2, 0.25) is 0 Å². The quantitative estimate of drug-likeness (QED) is 0.902. The van der Waals surface area contributed by atoms with Gasteiger partial charge in [0.25, 0.3) is 0 Å². The molecule has 0 saturated heterocycles. The number of amides is 1. The molecule has 0 spiro atoms. The predicted molar refractivity (Wildman–Crippen MR) is 82.8 cm³/mol. The Morgan fingerprint density at radius 2 is 1.95 bits per heavy atom. The molecule has 3 rings (SSSR count). The van der Waals surface area contributed by atoms with Crippen molar-refractivity contribution in [1.82, 2.24) is 9.97 Å². The third-order valence-electron chi connectivity index (χ3n) is 3.27. The molecule has 1 aromatic heterocycles. The number of aryl methyl sites for hydroxylation is 1. The van der Waals surface area contributed by atoms with E-state index in [-0.39, 0.29) is 5.91 Å². The van der Waals surface area contributed by atoms with Gasteiger partial charge in [-0.1, -0.05) is 6.07 Å². The molecule has 1 fully saturated rings. The van der Waals surface area contributed by atoms with Gasteiger partial charge < -0.3 is 10.6 Å². The van der Waals surface area contributed by atoms with Gasteiger partial charge in [0.05, 0.1) is 0 Å². The second kappa shape index (κ2) is 5.52. The van der Waals surface area contributed by atoms with Crippen molar-refractivity contribution in [3.05, 3.63) is 41.9 Å².